The van der Waals surface area contributed by atoms with Crippen molar-refractivity contribution in [2.75, 3.05) is 19.3 Å². The van der Waals surface area contributed by atoms with E-state index in [1.165, 1.54) is 4.90 Å². The molecular weight excluding hydrogens is 316 g/mol. The van der Waals surface area contributed by atoms with Crippen LogP contribution in [0.5, 0.6) is 0 Å². The maximum absolute atomic E-state index is 12.7. The fourth-order valence-electron chi connectivity index (χ4n) is 3.44. The van der Waals surface area contributed by atoms with Crippen LogP contribution in [0.1, 0.15) is 24.3 Å². The molecule has 1 aromatic carbocycles. The maximum Gasteiger partial charge on any atom is 0.244 e. The van der Waals surface area contributed by atoms with Gasteiger partial charge in [-0.2, -0.15) is 0 Å². The normalized spacial score (nSPS) is 26.0. The molecule has 0 aromatic heterocycles. The van der Waals surface area contributed by atoms with Crippen molar-refractivity contribution in [1.82, 2.24) is 4.90 Å². The second kappa shape index (κ2) is 5.33. The van der Waals surface area contributed by atoms with Crippen molar-refractivity contribution in [3.05, 3.63) is 35.9 Å². The van der Waals surface area contributed by atoms with Crippen LogP contribution >= 0.6 is 0 Å². The quantitative estimate of drug-likeness (QED) is 0.854. The van der Waals surface area contributed by atoms with Crippen LogP contribution in [0.15, 0.2) is 30.3 Å². The third kappa shape index (κ3) is 2.63. The molecule has 0 spiro atoms. The van der Waals surface area contributed by atoms with Gasteiger partial charge in [0.25, 0.3) is 0 Å². The Morgan fingerprint density at radius 3 is 2.26 bits per heavy atom. The summed E-state index contributed by atoms with van der Waals surface area (Å²) in [5.74, 6) is -1.52. The van der Waals surface area contributed by atoms with Crippen LogP contribution < -0.4 is 5.73 Å². The summed E-state index contributed by atoms with van der Waals surface area (Å²) in [5.41, 5.74) is 6.44. The summed E-state index contributed by atoms with van der Waals surface area (Å²) in [4.78, 5) is 26.0. The number of likely N-dealkylation sites (tertiary alicyclic amines) is 1. The summed E-state index contributed by atoms with van der Waals surface area (Å²) < 4.78 is 22.6. The molecule has 0 radical (unpaired) electrons. The summed E-state index contributed by atoms with van der Waals surface area (Å²) in [7, 11) is -3.46. The highest BCUT2D eigenvalue weighted by Crippen LogP contribution is 2.46. The van der Waals surface area contributed by atoms with Gasteiger partial charge in [-0.25, -0.2) is 8.42 Å². The molecule has 1 aromatic rings. The standard InChI is InChI=1S/C16H20N2O4S/c1-23(21,22)16(7-8-16)15(20)18-9-12(13(10-18)14(17)19)11-5-3-2-4-6-11/h2-6,12-13H,7-10H2,1H3,(H2,17,19)/t12-,13+/m1/s1. The first-order valence-electron chi connectivity index (χ1n) is 7.59. The van der Waals surface area contributed by atoms with Crippen LogP contribution in [0.3, 0.4) is 0 Å². The lowest BCUT2D eigenvalue weighted by atomic mass is 9.89. The van der Waals surface area contributed by atoms with Crippen molar-refractivity contribution in [1.29, 1.82) is 0 Å². The number of hydrogen-bond acceptors (Lipinski definition) is 4. The number of rotatable bonds is 4. The van der Waals surface area contributed by atoms with Gasteiger partial charge < -0.3 is 10.6 Å². The summed E-state index contributed by atoms with van der Waals surface area (Å²) in [6.07, 6.45) is 1.82. The maximum atomic E-state index is 12.7. The Balaban J connectivity index is 1.87. The number of sulfone groups is 1. The Kier molecular flexibility index (Phi) is 3.71. The van der Waals surface area contributed by atoms with Crippen LogP contribution in [0.2, 0.25) is 0 Å². The number of hydrogen-bond donors (Lipinski definition) is 1. The molecule has 1 saturated carbocycles. The molecule has 2 aliphatic rings. The Bertz CT molecular complexity index is 741. The second-order valence-electron chi connectivity index (χ2n) is 6.50. The summed E-state index contributed by atoms with van der Waals surface area (Å²) in [5, 5.41) is 0. The second-order valence-corrected chi connectivity index (χ2v) is 8.83. The van der Waals surface area contributed by atoms with E-state index < -0.39 is 26.4 Å². The van der Waals surface area contributed by atoms with E-state index in [2.05, 4.69) is 0 Å². The lowest BCUT2D eigenvalue weighted by Crippen LogP contribution is -2.44. The predicted molar refractivity (Wildman–Crippen MR) is 85.3 cm³/mol. The summed E-state index contributed by atoms with van der Waals surface area (Å²) in [6.45, 7) is 0.513. The Morgan fingerprint density at radius 1 is 1.17 bits per heavy atom. The van der Waals surface area contributed by atoms with Crippen molar-refractivity contribution in [3.63, 3.8) is 0 Å². The van der Waals surface area contributed by atoms with Gasteiger partial charge in [0.1, 0.15) is 0 Å². The Labute approximate surface area is 135 Å². The number of benzene rings is 1. The number of amides is 2. The first kappa shape index (κ1) is 16.0. The summed E-state index contributed by atoms with van der Waals surface area (Å²) >= 11 is 0. The van der Waals surface area contributed by atoms with E-state index in [0.717, 1.165) is 11.8 Å². The predicted octanol–water partition coefficient (Wildman–Crippen LogP) is 0.291. The van der Waals surface area contributed by atoms with E-state index in [-0.39, 0.29) is 18.4 Å². The molecule has 1 aliphatic carbocycles. The van der Waals surface area contributed by atoms with Crippen LogP contribution in [0.4, 0.5) is 0 Å². The van der Waals surface area contributed by atoms with Gasteiger partial charge in [0.05, 0.1) is 5.92 Å². The van der Waals surface area contributed by atoms with E-state index in [0.29, 0.717) is 19.4 Å². The number of carbonyl (C=O) groups excluding carboxylic acids is 2. The molecular formula is C16H20N2O4S. The minimum Gasteiger partial charge on any atom is -0.369 e. The molecule has 2 amide bonds. The molecule has 1 saturated heterocycles. The number of nitrogens with zero attached hydrogens (tertiary/aromatic N) is 1. The Morgan fingerprint density at radius 2 is 1.78 bits per heavy atom. The van der Waals surface area contributed by atoms with Crippen molar-refractivity contribution in [2.24, 2.45) is 11.7 Å². The van der Waals surface area contributed by atoms with E-state index in [9.17, 15) is 18.0 Å². The average molecular weight is 336 g/mol. The van der Waals surface area contributed by atoms with Gasteiger partial charge in [-0.3, -0.25) is 9.59 Å². The summed E-state index contributed by atoms with van der Waals surface area (Å²) in [6, 6.07) is 9.42. The molecule has 3 rings (SSSR count). The minimum absolute atomic E-state index is 0.186. The zero-order valence-electron chi connectivity index (χ0n) is 12.9. The third-order valence-corrected chi connectivity index (χ3v) is 7.01. The van der Waals surface area contributed by atoms with E-state index in [1.807, 2.05) is 30.3 Å². The lowest BCUT2D eigenvalue weighted by molar-refractivity contribution is -0.130. The molecule has 6 nitrogen and oxygen atoms in total. The van der Waals surface area contributed by atoms with E-state index in [1.54, 1.807) is 0 Å². The van der Waals surface area contributed by atoms with Gasteiger partial charge in [0.15, 0.2) is 14.6 Å². The fraction of sp³-hybridized carbons (Fsp3) is 0.500. The molecule has 0 bridgehead atoms. The number of primary amides is 1. The number of carbonyl (C=O) groups is 2. The van der Waals surface area contributed by atoms with Crippen molar-refractivity contribution in [3.8, 4) is 0 Å². The number of nitrogens with two attached hydrogens (primary N) is 1. The molecule has 124 valence electrons. The molecule has 7 heteroatoms. The lowest BCUT2D eigenvalue weighted by Gasteiger charge is -2.22. The third-order valence-electron chi connectivity index (χ3n) is 5.00. The SMILES string of the molecule is CS(=O)(=O)C1(C(=O)N2C[C@H](C(N)=O)[C@@H](c3ccccc3)C2)CC1. The highest BCUT2D eigenvalue weighted by molar-refractivity contribution is 7.93. The van der Waals surface area contributed by atoms with E-state index >= 15 is 0 Å². The van der Waals surface area contributed by atoms with Gasteiger partial charge in [-0.05, 0) is 18.4 Å². The Hall–Kier alpha value is -1.89. The largest absolute Gasteiger partial charge is 0.369 e. The molecule has 0 unspecified atom stereocenters. The van der Waals surface area contributed by atoms with Crippen molar-refractivity contribution in [2.45, 2.75) is 23.5 Å². The van der Waals surface area contributed by atoms with Crippen molar-refractivity contribution >= 4 is 21.7 Å². The van der Waals surface area contributed by atoms with Gasteiger partial charge in [-0.1, -0.05) is 30.3 Å². The van der Waals surface area contributed by atoms with Gasteiger partial charge in [0, 0.05) is 25.3 Å². The molecule has 2 N–H and O–H groups in total. The van der Waals surface area contributed by atoms with Crippen LogP contribution in [0, 0.1) is 5.92 Å². The van der Waals surface area contributed by atoms with Gasteiger partial charge in [0.2, 0.25) is 11.8 Å². The first-order valence-corrected chi connectivity index (χ1v) is 9.49. The fourth-order valence-corrected chi connectivity index (χ4v) is 4.73. The van der Waals surface area contributed by atoms with Gasteiger partial charge in [-0.15, -0.1) is 0 Å². The molecule has 2 atom stereocenters. The van der Waals surface area contributed by atoms with Crippen molar-refractivity contribution < 1.29 is 18.0 Å². The average Bonchev–Trinajstić information content (AvgIpc) is 3.20. The highest BCUT2D eigenvalue weighted by Gasteiger charge is 2.61. The molecule has 1 heterocycles. The zero-order valence-corrected chi connectivity index (χ0v) is 13.8. The van der Waals surface area contributed by atoms with Gasteiger partial charge >= 0.3 is 0 Å². The minimum atomic E-state index is -3.46. The van der Waals surface area contributed by atoms with Crippen LogP contribution in [-0.4, -0.2) is 49.2 Å². The highest BCUT2D eigenvalue weighted by atomic mass is 32.2. The first-order chi connectivity index (χ1) is 10.8. The van der Waals surface area contributed by atoms with Crippen LogP contribution in [0.25, 0.3) is 0 Å². The van der Waals surface area contributed by atoms with E-state index in [4.69, 9.17) is 5.73 Å². The molecule has 2 fully saturated rings. The monoisotopic (exact) mass is 336 g/mol. The molecule has 23 heavy (non-hydrogen) atoms. The topological polar surface area (TPSA) is 97.5 Å². The molecule has 1 aliphatic heterocycles. The van der Waals surface area contributed by atoms with Crippen LogP contribution in [-0.2, 0) is 19.4 Å². The zero-order chi connectivity index (χ0) is 16.8. The smallest absolute Gasteiger partial charge is 0.244 e.